The molecule has 0 bridgehead atoms. The lowest BCUT2D eigenvalue weighted by Crippen LogP contribution is -2.26. The van der Waals surface area contributed by atoms with Crippen LogP contribution in [0.1, 0.15) is 38.2 Å². The van der Waals surface area contributed by atoms with Gasteiger partial charge in [0.2, 0.25) is 0 Å². The second-order valence-electron chi connectivity index (χ2n) is 5.87. The zero-order valence-corrected chi connectivity index (χ0v) is 15.3. The van der Waals surface area contributed by atoms with Crippen molar-refractivity contribution in [3.63, 3.8) is 0 Å². The number of carbonyl (C=O) groups is 1. The zero-order chi connectivity index (χ0) is 16.3. The predicted molar refractivity (Wildman–Crippen MR) is 98.9 cm³/mol. The smallest absolute Gasteiger partial charge is 0.411 e. The first kappa shape index (κ1) is 20.7. The summed E-state index contributed by atoms with van der Waals surface area (Å²) in [5.41, 5.74) is 1.73. The lowest BCUT2D eigenvalue weighted by molar-refractivity contribution is 0.118. The number of ether oxygens (including phenoxy) is 2. The van der Waals surface area contributed by atoms with Crippen LogP contribution >= 0.6 is 12.4 Å². The molecule has 2 rings (SSSR count). The van der Waals surface area contributed by atoms with Gasteiger partial charge < -0.3 is 9.47 Å². The Bertz CT molecular complexity index is 479. The maximum Gasteiger partial charge on any atom is 0.411 e. The molecule has 1 fully saturated rings. The van der Waals surface area contributed by atoms with Gasteiger partial charge in [-0.2, -0.15) is 0 Å². The fraction of sp³-hybridized carbons (Fsp3) is 0.611. The topological polar surface area (TPSA) is 50.8 Å². The van der Waals surface area contributed by atoms with E-state index in [1.54, 1.807) is 0 Å². The van der Waals surface area contributed by atoms with Crippen LogP contribution in [-0.4, -0.2) is 43.8 Å². The van der Waals surface area contributed by atoms with Crippen molar-refractivity contribution in [1.29, 1.82) is 0 Å². The van der Waals surface area contributed by atoms with Gasteiger partial charge in [-0.1, -0.05) is 31.5 Å². The van der Waals surface area contributed by atoms with Crippen LogP contribution in [0.2, 0.25) is 0 Å². The number of para-hydroxylation sites is 1. The van der Waals surface area contributed by atoms with E-state index >= 15 is 0 Å². The largest absolute Gasteiger partial charge is 0.448 e. The number of likely N-dealkylation sites (tertiary alicyclic amines) is 1. The molecule has 0 saturated carbocycles. The van der Waals surface area contributed by atoms with Crippen molar-refractivity contribution in [3.05, 3.63) is 29.8 Å². The van der Waals surface area contributed by atoms with Crippen molar-refractivity contribution in [2.75, 3.05) is 38.2 Å². The Morgan fingerprint density at radius 3 is 2.71 bits per heavy atom. The Morgan fingerprint density at radius 1 is 1.21 bits per heavy atom. The fourth-order valence-electron chi connectivity index (χ4n) is 2.62. The molecule has 0 radical (unpaired) electrons. The number of nitrogens with one attached hydrogen (secondary N) is 1. The number of halogens is 1. The molecule has 1 saturated heterocycles. The predicted octanol–water partition coefficient (Wildman–Crippen LogP) is 4.07. The third kappa shape index (κ3) is 7.51. The van der Waals surface area contributed by atoms with Crippen molar-refractivity contribution in [1.82, 2.24) is 4.90 Å². The molecule has 1 aliphatic heterocycles. The molecule has 1 N–H and O–H groups in total. The van der Waals surface area contributed by atoms with E-state index in [0.29, 0.717) is 13.2 Å². The molecule has 1 heterocycles. The van der Waals surface area contributed by atoms with Crippen LogP contribution in [0.5, 0.6) is 0 Å². The number of benzene rings is 1. The number of anilines is 1. The summed E-state index contributed by atoms with van der Waals surface area (Å²) in [6, 6.07) is 7.68. The third-order valence-corrected chi connectivity index (χ3v) is 3.99. The van der Waals surface area contributed by atoms with E-state index in [9.17, 15) is 4.79 Å². The second kappa shape index (κ2) is 12.1. The maximum absolute atomic E-state index is 11.9. The Hall–Kier alpha value is -1.30. The second-order valence-corrected chi connectivity index (χ2v) is 5.87. The number of hydrogen-bond acceptors (Lipinski definition) is 4. The van der Waals surface area contributed by atoms with E-state index in [1.165, 1.54) is 12.8 Å². The summed E-state index contributed by atoms with van der Waals surface area (Å²) in [5, 5.41) is 2.82. The molecule has 1 amide bonds. The van der Waals surface area contributed by atoms with Crippen molar-refractivity contribution in [2.24, 2.45) is 0 Å². The molecule has 0 atom stereocenters. The molecular formula is C18H29ClN2O3. The molecule has 136 valence electrons. The van der Waals surface area contributed by atoms with Gasteiger partial charge in [0.15, 0.2) is 0 Å². The molecule has 1 aliphatic rings. The molecule has 0 aromatic heterocycles. The minimum absolute atomic E-state index is 0. The summed E-state index contributed by atoms with van der Waals surface area (Å²) in [4.78, 5) is 14.2. The van der Waals surface area contributed by atoms with Crippen molar-refractivity contribution >= 4 is 24.2 Å². The first-order chi connectivity index (χ1) is 11.3. The minimum atomic E-state index is -0.398. The van der Waals surface area contributed by atoms with Crippen LogP contribution in [0, 0.1) is 0 Å². The van der Waals surface area contributed by atoms with Crippen LogP contribution in [-0.2, 0) is 16.1 Å². The Labute approximate surface area is 151 Å². The van der Waals surface area contributed by atoms with E-state index in [-0.39, 0.29) is 12.4 Å². The number of nitrogens with zero attached hydrogens (tertiary/aromatic N) is 1. The van der Waals surface area contributed by atoms with Gasteiger partial charge in [0, 0.05) is 24.4 Å². The van der Waals surface area contributed by atoms with Crippen LogP contribution in [0.4, 0.5) is 10.5 Å². The van der Waals surface area contributed by atoms with Crippen LogP contribution < -0.4 is 5.32 Å². The average Bonchev–Trinajstić information content (AvgIpc) is 3.06. The van der Waals surface area contributed by atoms with E-state index < -0.39 is 6.09 Å². The fourth-order valence-corrected chi connectivity index (χ4v) is 2.62. The quantitative estimate of drug-likeness (QED) is 0.677. The van der Waals surface area contributed by atoms with Gasteiger partial charge in [0.05, 0.1) is 6.61 Å². The van der Waals surface area contributed by atoms with Crippen LogP contribution in [0.25, 0.3) is 0 Å². The SMILES string of the molecule is CCCCOCc1ccccc1NC(=O)OCCN1CCCC1.Cl. The van der Waals surface area contributed by atoms with Gasteiger partial charge >= 0.3 is 6.09 Å². The highest BCUT2D eigenvalue weighted by Crippen LogP contribution is 2.16. The van der Waals surface area contributed by atoms with E-state index in [1.807, 2.05) is 24.3 Å². The molecule has 0 unspecified atom stereocenters. The molecule has 1 aromatic carbocycles. The lowest BCUT2D eigenvalue weighted by atomic mass is 10.2. The van der Waals surface area contributed by atoms with Gasteiger partial charge in [-0.05, 0) is 38.4 Å². The summed E-state index contributed by atoms with van der Waals surface area (Å²) in [5.74, 6) is 0. The molecule has 0 aliphatic carbocycles. The summed E-state index contributed by atoms with van der Waals surface area (Å²) in [6.45, 7) is 6.86. The zero-order valence-electron chi connectivity index (χ0n) is 14.5. The highest BCUT2D eigenvalue weighted by atomic mass is 35.5. The van der Waals surface area contributed by atoms with Gasteiger partial charge in [0.1, 0.15) is 6.61 Å². The van der Waals surface area contributed by atoms with Gasteiger partial charge in [0.25, 0.3) is 0 Å². The van der Waals surface area contributed by atoms with E-state index in [2.05, 4.69) is 17.1 Å². The van der Waals surface area contributed by atoms with Gasteiger partial charge in [-0.3, -0.25) is 10.2 Å². The van der Waals surface area contributed by atoms with E-state index in [0.717, 1.165) is 50.3 Å². The Morgan fingerprint density at radius 2 is 1.96 bits per heavy atom. The first-order valence-electron chi connectivity index (χ1n) is 8.61. The van der Waals surface area contributed by atoms with Crippen LogP contribution in [0.3, 0.4) is 0 Å². The Kier molecular flexibility index (Phi) is 10.5. The van der Waals surface area contributed by atoms with Crippen molar-refractivity contribution in [2.45, 2.75) is 39.2 Å². The molecule has 24 heavy (non-hydrogen) atoms. The highest BCUT2D eigenvalue weighted by molar-refractivity contribution is 5.85. The van der Waals surface area contributed by atoms with Crippen LogP contribution in [0.15, 0.2) is 24.3 Å². The number of unbranched alkanes of at least 4 members (excludes halogenated alkanes) is 1. The van der Waals surface area contributed by atoms with Gasteiger partial charge in [-0.25, -0.2) is 4.79 Å². The van der Waals surface area contributed by atoms with E-state index in [4.69, 9.17) is 9.47 Å². The number of hydrogen-bond donors (Lipinski definition) is 1. The Balaban J connectivity index is 0.00000288. The molecule has 0 spiro atoms. The summed E-state index contributed by atoms with van der Waals surface area (Å²) < 4.78 is 10.9. The summed E-state index contributed by atoms with van der Waals surface area (Å²) in [6.07, 6.45) is 4.26. The number of amides is 1. The summed E-state index contributed by atoms with van der Waals surface area (Å²) in [7, 11) is 0. The number of rotatable bonds is 9. The monoisotopic (exact) mass is 356 g/mol. The maximum atomic E-state index is 11.9. The van der Waals surface area contributed by atoms with Gasteiger partial charge in [-0.15, -0.1) is 12.4 Å². The summed E-state index contributed by atoms with van der Waals surface area (Å²) >= 11 is 0. The number of carbonyl (C=O) groups excluding carboxylic acids is 1. The lowest BCUT2D eigenvalue weighted by Gasteiger charge is -2.15. The standard InChI is InChI=1S/C18H28N2O3.ClH/c1-2-3-13-22-15-16-8-4-5-9-17(16)19-18(21)23-14-12-20-10-6-7-11-20;/h4-5,8-9H,2-3,6-7,10-15H2,1H3,(H,19,21);1H. The molecule has 1 aromatic rings. The first-order valence-corrected chi connectivity index (χ1v) is 8.61. The highest BCUT2D eigenvalue weighted by Gasteiger charge is 2.12. The third-order valence-electron chi connectivity index (χ3n) is 3.99. The molecule has 5 nitrogen and oxygen atoms in total. The normalized spacial score (nSPS) is 14.2. The van der Waals surface area contributed by atoms with Crippen molar-refractivity contribution in [3.8, 4) is 0 Å². The van der Waals surface area contributed by atoms with Crippen molar-refractivity contribution < 1.29 is 14.3 Å². The minimum Gasteiger partial charge on any atom is -0.448 e. The molecular weight excluding hydrogens is 328 g/mol. The average molecular weight is 357 g/mol. The molecule has 6 heteroatoms.